The molecule has 1 saturated carbocycles. The molecule has 1 fully saturated rings. The van der Waals surface area contributed by atoms with Crippen LogP contribution in [0.25, 0.3) is 0 Å². The molecule has 0 saturated heterocycles. The van der Waals surface area contributed by atoms with Gasteiger partial charge in [-0.25, -0.2) is 19.3 Å². The molecule has 2 aromatic heterocycles. The van der Waals surface area contributed by atoms with E-state index in [9.17, 15) is 15.0 Å². The molecule has 9 nitrogen and oxygen atoms in total. The molecule has 2 atom stereocenters. The van der Waals surface area contributed by atoms with Gasteiger partial charge in [0.05, 0.1) is 41.4 Å². The van der Waals surface area contributed by atoms with Crippen molar-refractivity contribution in [2.75, 3.05) is 6.61 Å². The van der Waals surface area contributed by atoms with Crippen LogP contribution >= 0.6 is 11.6 Å². The maximum Gasteiger partial charge on any atom is 0.257 e. The van der Waals surface area contributed by atoms with Gasteiger partial charge >= 0.3 is 0 Å². The summed E-state index contributed by atoms with van der Waals surface area (Å²) < 4.78 is 25.3. The number of nitrogens with zero attached hydrogens (tertiary/aromatic N) is 5. The average Bonchev–Trinajstić information content (AvgIpc) is 3.55. The normalized spacial score (nSPS) is 22.3. The van der Waals surface area contributed by atoms with Gasteiger partial charge in [-0.15, -0.1) is 6.42 Å². The fraction of sp³-hybridized carbons (Fsp3) is 0.333. The van der Waals surface area contributed by atoms with Gasteiger partial charge in [-0.1, -0.05) is 36.6 Å². The molecule has 6 rings (SSSR count). The van der Waals surface area contributed by atoms with E-state index in [0.717, 1.165) is 0 Å². The second-order valence-corrected chi connectivity index (χ2v) is 11.8. The van der Waals surface area contributed by atoms with Crippen LogP contribution in [0.1, 0.15) is 70.3 Å². The molecule has 3 heterocycles. The number of halogens is 2. The number of hydrogen-bond donors (Lipinski definition) is 2. The summed E-state index contributed by atoms with van der Waals surface area (Å²) in [6, 6.07) is 9.48. The lowest BCUT2D eigenvalue weighted by Crippen LogP contribution is -2.51. The molecular formula is C33H31ClFN5O4. The molecule has 226 valence electrons. The molecule has 0 spiro atoms. The van der Waals surface area contributed by atoms with E-state index in [-0.39, 0.29) is 54.1 Å². The maximum atomic E-state index is 16.8. The Balaban J connectivity index is 1.56. The highest BCUT2D eigenvalue weighted by molar-refractivity contribution is 6.30. The predicted molar refractivity (Wildman–Crippen MR) is 160 cm³/mol. The van der Waals surface area contributed by atoms with Crippen LogP contribution in [0, 0.1) is 24.1 Å². The summed E-state index contributed by atoms with van der Waals surface area (Å²) in [5.74, 6) is 1.53. The number of benzene rings is 2. The number of carbonyl (C=O) groups is 1. The van der Waals surface area contributed by atoms with Crippen molar-refractivity contribution in [3.8, 4) is 12.3 Å². The largest absolute Gasteiger partial charge is 0.396 e. The van der Waals surface area contributed by atoms with Crippen LogP contribution in [-0.4, -0.2) is 53.3 Å². The van der Waals surface area contributed by atoms with Crippen molar-refractivity contribution in [3.05, 3.63) is 111 Å². The number of ether oxygens (including phenoxy) is 1. The molecule has 2 N–H and O–H groups in total. The monoisotopic (exact) mass is 615 g/mol. The fourth-order valence-corrected chi connectivity index (χ4v) is 6.23. The first-order chi connectivity index (χ1) is 21.1. The molecule has 1 aliphatic heterocycles. The molecule has 0 bridgehead atoms. The smallest absolute Gasteiger partial charge is 0.257 e. The predicted octanol–water partition coefficient (Wildman–Crippen LogP) is 4.27. The van der Waals surface area contributed by atoms with Gasteiger partial charge in [0.25, 0.3) is 5.91 Å². The van der Waals surface area contributed by atoms with Crippen molar-refractivity contribution in [1.82, 2.24) is 24.4 Å². The number of amides is 1. The van der Waals surface area contributed by atoms with Gasteiger partial charge in [0.15, 0.2) is 0 Å². The fourth-order valence-electron chi connectivity index (χ4n) is 6.10. The van der Waals surface area contributed by atoms with Crippen molar-refractivity contribution >= 4 is 17.5 Å². The summed E-state index contributed by atoms with van der Waals surface area (Å²) >= 11 is 6.25. The van der Waals surface area contributed by atoms with Crippen LogP contribution in [0.15, 0.2) is 61.3 Å². The Morgan fingerprint density at radius 1 is 1.20 bits per heavy atom. The van der Waals surface area contributed by atoms with Crippen LogP contribution in [0.3, 0.4) is 0 Å². The van der Waals surface area contributed by atoms with E-state index in [1.165, 1.54) is 29.4 Å². The van der Waals surface area contributed by atoms with E-state index >= 15 is 4.39 Å². The molecular weight excluding hydrogens is 585 g/mol. The summed E-state index contributed by atoms with van der Waals surface area (Å²) in [6.45, 7) is 1.63. The zero-order valence-electron chi connectivity index (χ0n) is 24.2. The van der Waals surface area contributed by atoms with Crippen molar-refractivity contribution < 1.29 is 24.1 Å². The minimum atomic E-state index is -1.73. The minimum absolute atomic E-state index is 0.00322. The average molecular weight is 616 g/mol. The molecule has 44 heavy (non-hydrogen) atoms. The molecule has 4 aromatic rings. The Hall–Kier alpha value is -4.14. The molecule has 2 aliphatic rings. The summed E-state index contributed by atoms with van der Waals surface area (Å²) in [4.78, 5) is 28.9. The zero-order chi connectivity index (χ0) is 31.2. The molecule has 0 radical (unpaired) electrons. The first-order valence-electron chi connectivity index (χ1n) is 14.3. The summed E-state index contributed by atoms with van der Waals surface area (Å²) in [6.07, 6.45) is 12.5. The number of aliphatic hydroxyl groups excluding tert-OH is 1. The first-order valence-corrected chi connectivity index (χ1v) is 14.7. The lowest BCUT2D eigenvalue weighted by Gasteiger charge is -2.45. The molecule has 1 aliphatic carbocycles. The Labute approximate surface area is 259 Å². The van der Waals surface area contributed by atoms with Crippen molar-refractivity contribution in [3.63, 3.8) is 0 Å². The number of aliphatic hydroxyl groups is 2. The second kappa shape index (κ2) is 11.4. The van der Waals surface area contributed by atoms with E-state index in [4.69, 9.17) is 22.8 Å². The lowest BCUT2D eigenvalue weighted by atomic mass is 9.81. The SMILES string of the molecule is C#Cc1cnc(CN2C(=O)c3cc(C(O)(CC)c4cn(C)cn4)cc(F)c3[C@]2(OC2CC(CO)C2)c2ccc(Cl)cc2)nc1. The summed E-state index contributed by atoms with van der Waals surface area (Å²) in [5.41, 5.74) is -1.87. The third-order valence-electron chi connectivity index (χ3n) is 8.60. The lowest BCUT2D eigenvalue weighted by molar-refractivity contribution is -0.184. The van der Waals surface area contributed by atoms with Crippen LogP contribution < -0.4 is 0 Å². The highest BCUT2D eigenvalue weighted by Gasteiger charge is 2.57. The number of carbonyl (C=O) groups excluding carboxylic acids is 1. The Kier molecular flexibility index (Phi) is 7.76. The zero-order valence-corrected chi connectivity index (χ0v) is 25.0. The van der Waals surface area contributed by atoms with E-state index in [0.29, 0.717) is 34.7 Å². The highest BCUT2D eigenvalue weighted by Crippen LogP contribution is 2.51. The van der Waals surface area contributed by atoms with Crippen molar-refractivity contribution in [2.45, 2.75) is 50.2 Å². The van der Waals surface area contributed by atoms with E-state index in [2.05, 4.69) is 20.9 Å². The van der Waals surface area contributed by atoms with Gasteiger partial charge in [-0.05, 0) is 55.0 Å². The first kappa shape index (κ1) is 29.9. The number of hydrogen-bond acceptors (Lipinski definition) is 7. The minimum Gasteiger partial charge on any atom is -0.396 e. The Bertz CT molecular complexity index is 1750. The van der Waals surface area contributed by atoms with Crippen LogP contribution in [0.2, 0.25) is 5.02 Å². The van der Waals surface area contributed by atoms with Gasteiger partial charge < -0.3 is 19.5 Å². The molecule has 1 unspecified atom stereocenters. The van der Waals surface area contributed by atoms with Gasteiger partial charge in [0, 0.05) is 42.8 Å². The number of terminal acetylenes is 1. The quantitative estimate of drug-likeness (QED) is 0.270. The van der Waals surface area contributed by atoms with E-state index in [1.54, 1.807) is 55.3 Å². The maximum absolute atomic E-state index is 16.8. The standard InChI is InChI=1S/C33H31ClFN5O4/c1-4-20-14-36-29(37-15-20)17-40-31(42)26-12-23(32(43,5-2)28-16-39(3)19-38-28)13-27(35)30(26)33(40,22-6-8-24(34)9-7-22)44-25-10-21(11-25)18-41/h1,6-9,12-16,19,21,25,41,43H,5,10-11,17-18H2,2-3H3/t21?,25?,32?,33-/m1/s1. The molecule has 1 amide bonds. The second-order valence-electron chi connectivity index (χ2n) is 11.4. The van der Waals surface area contributed by atoms with Crippen LogP contribution in [-0.2, 0) is 29.7 Å². The topological polar surface area (TPSA) is 114 Å². The third kappa shape index (κ3) is 4.86. The van der Waals surface area contributed by atoms with Gasteiger partial charge in [0.1, 0.15) is 17.2 Å². The van der Waals surface area contributed by atoms with Gasteiger partial charge in [0.2, 0.25) is 5.72 Å². The Morgan fingerprint density at radius 2 is 1.91 bits per heavy atom. The third-order valence-corrected chi connectivity index (χ3v) is 8.85. The Morgan fingerprint density at radius 3 is 2.50 bits per heavy atom. The number of aromatic nitrogens is 4. The number of imidazole rings is 1. The van der Waals surface area contributed by atoms with E-state index in [1.807, 2.05) is 0 Å². The number of rotatable bonds is 9. The van der Waals surface area contributed by atoms with Crippen LogP contribution in [0.5, 0.6) is 0 Å². The number of aryl methyl sites for hydroxylation is 1. The van der Waals surface area contributed by atoms with Gasteiger partial charge in [-0.3, -0.25) is 9.69 Å². The van der Waals surface area contributed by atoms with Crippen LogP contribution in [0.4, 0.5) is 4.39 Å². The molecule has 11 heteroatoms. The van der Waals surface area contributed by atoms with Crippen molar-refractivity contribution in [1.29, 1.82) is 0 Å². The summed E-state index contributed by atoms with van der Waals surface area (Å²) in [7, 11) is 1.77. The number of fused-ring (bicyclic) bond motifs is 1. The van der Waals surface area contributed by atoms with E-state index < -0.39 is 23.1 Å². The van der Waals surface area contributed by atoms with Crippen molar-refractivity contribution in [2.24, 2.45) is 13.0 Å². The van der Waals surface area contributed by atoms with Gasteiger partial charge in [-0.2, -0.15) is 0 Å². The summed E-state index contributed by atoms with van der Waals surface area (Å²) in [5, 5.41) is 22.0. The molecule has 2 aromatic carbocycles. The highest BCUT2D eigenvalue weighted by atomic mass is 35.5.